The molecule has 0 aromatic heterocycles. The average molecular weight is 404 g/mol. The smallest absolute Gasteiger partial charge is 0.409 e. The van der Waals surface area contributed by atoms with Crippen LogP contribution in [0.5, 0.6) is 0 Å². The highest BCUT2D eigenvalue weighted by atomic mass is 16.6. The minimum Gasteiger partial charge on any atom is -0.478 e. The van der Waals surface area contributed by atoms with Crippen LogP contribution in [0.15, 0.2) is 29.3 Å². The molecule has 0 spiro atoms. The molecule has 2 fully saturated rings. The van der Waals surface area contributed by atoms with E-state index in [1.54, 1.807) is 30.0 Å². The van der Waals surface area contributed by atoms with Crippen molar-refractivity contribution in [3.05, 3.63) is 29.8 Å². The number of rotatable bonds is 5. The number of carboxylic acids is 1. The number of carbonyl (C=O) groups excluding carboxylic acids is 1. The van der Waals surface area contributed by atoms with Gasteiger partial charge in [-0.1, -0.05) is 6.07 Å². The number of piperazine rings is 1. The topological polar surface area (TPSA) is 104 Å². The Labute approximate surface area is 170 Å². The van der Waals surface area contributed by atoms with Crippen LogP contribution in [0.4, 0.5) is 10.5 Å². The lowest BCUT2D eigenvalue weighted by Crippen LogP contribution is -2.52. The van der Waals surface area contributed by atoms with E-state index in [2.05, 4.69) is 10.2 Å². The fourth-order valence-electron chi connectivity index (χ4n) is 3.37. The normalized spacial score (nSPS) is 19.9. The van der Waals surface area contributed by atoms with Crippen LogP contribution >= 0.6 is 0 Å². The molecule has 1 amide bonds. The molecule has 3 rings (SSSR count). The molecule has 1 aromatic carbocycles. The molecule has 2 N–H and O–H groups in total. The third-order valence-electron chi connectivity index (χ3n) is 4.94. The fourth-order valence-corrected chi connectivity index (χ4v) is 3.37. The van der Waals surface area contributed by atoms with Crippen LogP contribution in [0.2, 0.25) is 0 Å². The number of nitrogens with zero attached hydrogens (tertiary/aromatic N) is 3. The van der Waals surface area contributed by atoms with Crippen molar-refractivity contribution >= 4 is 23.7 Å². The molecule has 0 unspecified atom stereocenters. The first-order valence-electron chi connectivity index (χ1n) is 10.00. The van der Waals surface area contributed by atoms with Crippen molar-refractivity contribution in [2.45, 2.75) is 25.9 Å². The summed E-state index contributed by atoms with van der Waals surface area (Å²) >= 11 is 0. The van der Waals surface area contributed by atoms with E-state index in [0.717, 1.165) is 19.4 Å². The molecule has 158 valence electrons. The van der Waals surface area contributed by atoms with Gasteiger partial charge in [-0.25, -0.2) is 9.59 Å². The number of hydrogen-bond acceptors (Lipinski definition) is 5. The highest BCUT2D eigenvalue weighted by Gasteiger charge is 2.25. The largest absolute Gasteiger partial charge is 0.478 e. The number of aliphatic imine (C=N–C) groups is 1. The van der Waals surface area contributed by atoms with E-state index >= 15 is 0 Å². The summed E-state index contributed by atoms with van der Waals surface area (Å²) in [5.74, 6) is -0.318. The van der Waals surface area contributed by atoms with E-state index < -0.39 is 5.97 Å². The summed E-state index contributed by atoms with van der Waals surface area (Å²) in [7, 11) is 0. The van der Waals surface area contributed by atoms with Gasteiger partial charge in [0.15, 0.2) is 5.96 Å². The highest BCUT2D eigenvalue weighted by Crippen LogP contribution is 2.15. The molecular weight excluding hydrogens is 376 g/mol. The van der Waals surface area contributed by atoms with Gasteiger partial charge in [0.05, 0.1) is 24.8 Å². The zero-order chi connectivity index (χ0) is 20.6. The lowest BCUT2D eigenvalue weighted by Gasteiger charge is -2.36. The molecule has 2 heterocycles. The van der Waals surface area contributed by atoms with E-state index in [-0.39, 0.29) is 17.8 Å². The Morgan fingerprint density at radius 1 is 1.28 bits per heavy atom. The van der Waals surface area contributed by atoms with E-state index in [1.165, 1.54) is 0 Å². The number of guanidine groups is 1. The average Bonchev–Trinajstić information content (AvgIpc) is 3.25. The summed E-state index contributed by atoms with van der Waals surface area (Å²) in [5, 5.41) is 12.5. The Morgan fingerprint density at radius 2 is 2.03 bits per heavy atom. The van der Waals surface area contributed by atoms with Gasteiger partial charge in [0.1, 0.15) is 0 Å². The van der Waals surface area contributed by atoms with Crippen molar-refractivity contribution < 1.29 is 24.2 Å². The van der Waals surface area contributed by atoms with Crippen molar-refractivity contribution in [3.8, 4) is 0 Å². The van der Waals surface area contributed by atoms with Gasteiger partial charge in [0.25, 0.3) is 0 Å². The summed E-state index contributed by atoms with van der Waals surface area (Å²) in [4.78, 5) is 31.7. The molecule has 9 heteroatoms. The molecule has 2 saturated heterocycles. The van der Waals surface area contributed by atoms with E-state index in [1.807, 2.05) is 6.07 Å². The van der Waals surface area contributed by atoms with Crippen LogP contribution in [0.1, 0.15) is 30.1 Å². The zero-order valence-corrected chi connectivity index (χ0v) is 16.7. The highest BCUT2D eigenvalue weighted by molar-refractivity contribution is 5.96. The number of benzene rings is 1. The number of nitrogens with one attached hydrogen (secondary N) is 1. The number of amides is 1. The Morgan fingerprint density at radius 3 is 2.69 bits per heavy atom. The maximum Gasteiger partial charge on any atom is 0.409 e. The second-order valence-electron chi connectivity index (χ2n) is 6.98. The van der Waals surface area contributed by atoms with Crippen molar-refractivity contribution in [2.24, 2.45) is 4.99 Å². The van der Waals surface area contributed by atoms with Gasteiger partial charge in [-0.15, -0.1) is 0 Å². The van der Waals surface area contributed by atoms with Crippen LogP contribution < -0.4 is 5.32 Å². The quantitative estimate of drug-likeness (QED) is 0.572. The molecule has 2 aliphatic rings. The van der Waals surface area contributed by atoms with Crippen LogP contribution in [-0.4, -0.2) is 85.0 Å². The van der Waals surface area contributed by atoms with E-state index in [9.17, 15) is 14.7 Å². The van der Waals surface area contributed by atoms with Gasteiger partial charge in [0.2, 0.25) is 0 Å². The molecular formula is C20H28N4O5. The van der Waals surface area contributed by atoms with Crippen molar-refractivity contribution in [2.75, 3.05) is 51.3 Å². The first-order valence-corrected chi connectivity index (χ1v) is 10.00. The minimum absolute atomic E-state index is 0.109. The number of hydrogen-bond donors (Lipinski definition) is 2. The Bertz CT molecular complexity index is 740. The number of carboxylic acid groups (broad SMARTS) is 1. The number of carbonyl (C=O) groups is 2. The van der Waals surface area contributed by atoms with Gasteiger partial charge < -0.3 is 29.7 Å². The number of aromatic carboxylic acids is 1. The van der Waals surface area contributed by atoms with Crippen LogP contribution in [0.3, 0.4) is 0 Å². The Kier molecular flexibility index (Phi) is 7.29. The molecule has 29 heavy (non-hydrogen) atoms. The van der Waals surface area contributed by atoms with Crippen LogP contribution in [0.25, 0.3) is 0 Å². The SMILES string of the molecule is CCOC(=O)N1CCN(C(=NC[C@@H]2CCCO2)Nc2cccc(C(=O)O)c2)CC1. The lowest BCUT2D eigenvalue weighted by atomic mass is 10.2. The predicted molar refractivity (Wildman–Crippen MR) is 108 cm³/mol. The number of ether oxygens (including phenoxy) is 2. The summed E-state index contributed by atoms with van der Waals surface area (Å²) in [6, 6.07) is 6.64. The Balaban J connectivity index is 1.70. The third kappa shape index (κ3) is 5.83. The van der Waals surface area contributed by atoms with Crippen LogP contribution in [-0.2, 0) is 9.47 Å². The molecule has 1 atom stereocenters. The fraction of sp³-hybridized carbons (Fsp3) is 0.550. The van der Waals surface area contributed by atoms with Crippen molar-refractivity contribution in [1.82, 2.24) is 9.80 Å². The standard InChI is InChI=1S/C20H28N4O5/c1-2-28-20(27)24-10-8-23(9-11-24)19(21-14-17-7-4-12-29-17)22-16-6-3-5-15(13-16)18(25)26/h3,5-6,13,17H,2,4,7-12,14H2,1H3,(H,21,22)(H,25,26)/t17-/m0/s1. The monoisotopic (exact) mass is 404 g/mol. The molecule has 2 aliphatic heterocycles. The summed E-state index contributed by atoms with van der Waals surface area (Å²) in [5.41, 5.74) is 0.865. The zero-order valence-electron chi connectivity index (χ0n) is 16.7. The lowest BCUT2D eigenvalue weighted by molar-refractivity contribution is 0.0696. The first kappa shape index (κ1) is 20.9. The summed E-state index contributed by atoms with van der Waals surface area (Å²) in [6.07, 6.45) is 1.84. The van der Waals surface area contributed by atoms with Gasteiger partial charge >= 0.3 is 12.1 Å². The molecule has 9 nitrogen and oxygen atoms in total. The third-order valence-corrected chi connectivity index (χ3v) is 4.94. The Hall–Kier alpha value is -2.81. The van der Waals surface area contributed by atoms with E-state index in [4.69, 9.17) is 14.5 Å². The maximum absolute atomic E-state index is 11.9. The molecule has 0 aliphatic carbocycles. The molecule has 0 radical (unpaired) electrons. The molecule has 0 saturated carbocycles. The van der Waals surface area contributed by atoms with E-state index in [0.29, 0.717) is 51.0 Å². The van der Waals surface area contributed by atoms with Gasteiger partial charge in [-0.05, 0) is 38.0 Å². The minimum atomic E-state index is -0.977. The summed E-state index contributed by atoms with van der Waals surface area (Å²) < 4.78 is 10.7. The predicted octanol–water partition coefficient (Wildman–Crippen LogP) is 2.11. The second kappa shape index (κ2) is 10.1. The van der Waals surface area contributed by atoms with Crippen molar-refractivity contribution in [3.63, 3.8) is 0 Å². The maximum atomic E-state index is 11.9. The second-order valence-corrected chi connectivity index (χ2v) is 6.98. The van der Waals surface area contributed by atoms with Gasteiger partial charge in [0, 0.05) is 38.5 Å². The first-order chi connectivity index (χ1) is 14.1. The van der Waals surface area contributed by atoms with Crippen molar-refractivity contribution in [1.29, 1.82) is 0 Å². The molecule has 1 aromatic rings. The number of anilines is 1. The summed E-state index contributed by atoms with van der Waals surface area (Å²) in [6.45, 7) is 5.74. The molecule has 0 bridgehead atoms. The van der Waals surface area contributed by atoms with Gasteiger partial charge in [-0.2, -0.15) is 0 Å². The van der Waals surface area contributed by atoms with Gasteiger partial charge in [-0.3, -0.25) is 4.99 Å². The van der Waals surface area contributed by atoms with Crippen LogP contribution in [0, 0.1) is 0 Å².